The molecule has 1 fully saturated rings. The topological polar surface area (TPSA) is 110 Å². The summed E-state index contributed by atoms with van der Waals surface area (Å²) in [5.41, 5.74) is 2.14. The minimum atomic E-state index is -3.73. The molecule has 0 saturated carbocycles. The van der Waals surface area contributed by atoms with E-state index >= 15 is 0 Å². The van der Waals surface area contributed by atoms with Crippen LogP contribution in [0.15, 0.2) is 52.7 Å². The molecule has 1 aliphatic rings. The van der Waals surface area contributed by atoms with E-state index in [4.69, 9.17) is 9.47 Å². The fourth-order valence-corrected chi connectivity index (χ4v) is 6.32. The quantitative estimate of drug-likeness (QED) is 0.424. The normalized spacial score (nSPS) is 16.4. The highest BCUT2D eigenvalue weighted by atomic mass is 32.2. The van der Waals surface area contributed by atoms with Gasteiger partial charge in [-0.2, -0.15) is 4.31 Å². The molecule has 1 atom stereocenters. The van der Waals surface area contributed by atoms with Crippen molar-refractivity contribution in [3.8, 4) is 22.8 Å². The van der Waals surface area contributed by atoms with E-state index in [0.717, 1.165) is 16.4 Å². The lowest BCUT2D eigenvalue weighted by molar-refractivity contribution is -0.120. The van der Waals surface area contributed by atoms with Crippen molar-refractivity contribution >= 4 is 38.1 Å². The largest absolute Gasteiger partial charge is 0.495 e. The number of nitrogens with zero attached hydrogens (tertiary/aromatic N) is 2. The zero-order valence-corrected chi connectivity index (χ0v) is 22.1. The lowest BCUT2D eigenvalue weighted by Gasteiger charge is -2.31. The molecule has 2 heterocycles. The summed E-state index contributed by atoms with van der Waals surface area (Å²) < 4.78 is 38.7. The van der Waals surface area contributed by atoms with Crippen LogP contribution in [-0.4, -0.2) is 57.5 Å². The number of nitrogens with one attached hydrogen (secondary N) is 2. The first kappa shape index (κ1) is 25.9. The third-order valence-corrected chi connectivity index (χ3v) is 8.74. The number of hydrogen-bond donors (Lipinski definition) is 2. The van der Waals surface area contributed by atoms with E-state index in [0.29, 0.717) is 43.2 Å². The second-order valence-corrected chi connectivity index (χ2v) is 11.1. The molecule has 11 heteroatoms. The van der Waals surface area contributed by atoms with E-state index in [2.05, 4.69) is 15.6 Å². The first-order valence-electron chi connectivity index (χ1n) is 11.7. The predicted molar refractivity (Wildman–Crippen MR) is 141 cm³/mol. The lowest BCUT2D eigenvalue weighted by atomic mass is 9.98. The van der Waals surface area contributed by atoms with Gasteiger partial charge in [-0.3, -0.25) is 4.79 Å². The first-order valence-corrected chi connectivity index (χ1v) is 14.0. The number of ether oxygens (including phenoxy) is 2. The molecular formula is C25H30N4O5S2. The zero-order valence-electron chi connectivity index (χ0n) is 20.5. The highest BCUT2D eigenvalue weighted by molar-refractivity contribution is 7.89. The number of hydrogen-bond acceptors (Lipinski definition) is 8. The van der Waals surface area contributed by atoms with Gasteiger partial charge in [-0.1, -0.05) is 0 Å². The average molecular weight is 531 g/mol. The highest BCUT2D eigenvalue weighted by Crippen LogP contribution is 2.33. The van der Waals surface area contributed by atoms with Crippen LogP contribution in [0.1, 0.15) is 19.8 Å². The molecule has 3 aromatic rings. The Morgan fingerprint density at radius 3 is 2.67 bits per heavy atom. The Bertz CT molecular complexity index is 1310. The molecule has 1 saturated heterocycles. The van der Waals surface area contributed by atoms with Crippen LogP contribution < -0.4 is 20.1 Å². The van der Waals surface area contributed by atoms with Crippen LogP contribution in [0, 0.1) is 5.92 Å². The molecule has 36 heavy (non-hydrogen) atoms. The molecular weight excluding hydrogens is 500 g/mol. The Labute approximate surface area is 215 Å². The van der Waals surface area contributed by atoms with Crippen LogP contribution in [0.3, 0.4) is 0 Å². The van der Waals surface area contributed by atoms with Gasteiger partial charge in [0.1, 0.15) is 11.5 Å². The van der Waals surface area contributed by atoms with Gasteiger partial charge in [-0.15, -0.1) is 11.3 Å². The Morgan fingerprint density at radius 2 is 2.00 bits per heavy atom. The number of amides is 1. The molecule has 1 aliphatic heterocycles. The van der Waals surface area contributed by atoms with Crippen molar-refractivity contribution in [3.63, 3.8) is 0 Å². The van der Waals surface area contributed by atoms with Crippen molar-refractivity contribution in [2.24, 2.45) is 5.92 Å². The van der Waals surface area contributed by atoms with E-state index in [-0.39, 0.29) is 17.3 Å². The van der Waals surface area contributed by atoms with Gasteiger partial charge >= 0.3 is 0 Å². The van der Waals surface area contributed by atoms with Crippen molar-refractivity contribution in [1.82, 2.24) is 9.29 Å². The molecule has 1 unspecified atom stereocenters. The Morgan fingerprint density at radius 1 is 1.22 bits per heavy atom. The smallest absolute Gasteiger partial charge is 0.243 e. The fraction of sp³-hybridized carbons (Fsp3) is 0.360. The van der Waals surface area contributed by atoms with Crippen LogP contribution in [0.5, 0.6) is 11.5 Å². The third-order valence-electron chi connectivity index (χ3n) is 6.00. The van der Waals surface area contributed by atoms with E-state index < -0.39 is 15.9 Å². The van der Waals surface area contributed by atoms with Crippen LogP contribution in [-0.2, 0) is 14.8 Å². The number of thiazole rings is 1. The summed E-state index contributed by atoms with van der Waals surface area (Å²) in [4.78, 5) is 17.9. The zero-order chi connectivity index (χ0) is 25.7. The molecule has 9 nitrogen and oxygen atoms in total. The standard InChI is InChI=1S/C25H30N4O5S2/c1-4-34-19-8-10-20(11-9-19)36(31,32)29-13-5-6-18(15-29)24(30)27-21-14-17(7-12-23(21)33-3)22-16-35-25(26-2)28-22/h7-12,14,16,18H,4-6,13,15H2,1-3H3,(H,26,28)(H,27,30). The average Bonchev–Trinajstić information content (AvgIpc) is 3.39. The SMILES string of the molecule is CCOc1ccc(S(=O)(=O)N2CCCC(C(=O)Nc3cc(-c4csc(NC)n4)ccc3OC)C2)cc1. The van der Waals surface area contributed by atoms with Crippen molar-refractivity contribution in [2.45, 2.75) is 24.7 Å². The van der Waals surface area contributed by atoms with Crippen LogP contribution in [0.2, 0.25) is 0 Å². The molecule has 4 rings (SSSR count). The number of carbonyl (C=O) groups excluding carboxylic acids is 1. The number of sulfonamides is 1. The number of benzene rings is 2. The van der Waals surface area contributed by atoms with E-state index in [1.165, 1.54) is 15.6 Å². The molecule has 0 aliphatic carbocycles. The molecule has 0 bridgehead atoms. The maximum absolute atomic E-state index is 13.2. The second-order valence-electron chi connectivity index (χ2n) is 8.30. The van der Waals surface area contributed by atoms with Gasteiger partial charge in [0.15, 0.2) is 5.13 Å². The van der Waals surface area contributed by atoms with E-state index in [1.807, 2.05) is 31.5 Å². The lowest BCUT2D eigenvalue weighted by Crippen LogP contribution is -2.43. The Hall–Kier alpha value is -3.15. The molecule has 2 aromatic carbocycles. The number of rotatable bonds is 9. The predicted octanol–water partition coefficient (Wildman–Crippen LogP) is 4.30. The fourth-order valence-electron chi connectivity index (χ4n) is 4.12. The minimum absolute atomic E-state index is 0.112. The van der Waals surface area contributed by atoms with Crippen molar-refractivity contribution in [1.29, 1.82) is 0 Å². The van der Waals surface area contributed by atoms with Gasteiger partial charge in [0.2, 0.25) is 15.9 Å². The summed E-state index contributed by atoms with van der Waals surface area (Å²) in [6, 6.07) is 11.9. The summed E-state index contributed by atoms with van der Waals surface area (Å²) in [6.07, 6.45) is 1.19. The number of piperidine rings is 1. The third kappa shape index (κ3) is 5.63. The molecule has 1 amide bonds. The van der Waals surface area contributed by atoms with Gasteiger partial charge in [-0.25, -0.2) is 13.4 Å². The molecule has 0 spiro atoms. The summed E-state index contributed by atoms with van der Waals surface area (Å²) >= 11 is 1.49. The Kier molecular flexibility index (Phi) is 8.12. The van der Waals surface area contributed by atoms with Crippen molar-refractivity contribution < 1.29 is 22.7 Å². The molecule has 2 N–H and O–H groups in total. The molecule has 1 aromatic heterocycles. The van der Waals surface area contributed by atoms with Crippen molar-refractivity contribution in [2.75, 3.05) is 44.5 Å². The number of aromatic nitrogens is 1. The van der Waals surface area contributed by atoms with Gasteiger partial charge in [-0.05, 0) is 62.2 Å². The maximum atomic E-state index is 13.2. The summed E-state index contributed by atoms with van der Waals surface area (Å²) in [6.45, 7) is 2.86. The van der Waals surface area contributed by atoms with Crippen LogP contribution in [0.4, 0.5) is 10.8 Å². The van der Waals surface area contributed by atoms with Crippen LogP contribution in [0.25, 0.3) is 11.3 Å². The summed E-state index contributed by atoms with van der Waals surface area (Å²) in [7, 11) is -0.377. The second kappa shape index (κ2) is 11.3. The summed E-state index contributed by atoms with van der Waals surface area (Å²) in [5.74, 6) is 0.403. The van der Waals surface area contributed by atoms with Crippen LogP contribution >= 0.6 is 11.3 Å². The maximum Gasteiger partial charge on any atom is 0.243 e. The van der Waals surface area contributed by atoms with Gasteiger partial charge in [0, 0.05) is 31.1 Å². The number of carbonyl (C=O) groups is 1. The number of anilines is 2. The van der Waals surface area contributed by atoms with Gasteiger partial charge in [0.05, 0.1) is 35.9 Å². The first-order chi connectivity index (χ1) is 17.3. The van der Waals surface area contributed by atoms with Gasteiger partial charge in [0.25, 0.3) is 0 Å². The molecule has 192 valence electrons. The highest BCUT2D eigenvalue weighted by Gasteiger charge is 2.33. The monoisotopic (exact) mass is 530 g/mol. The molecule has 0 radical (unpaired) electrons. The van der Waals surface area contributed by atoms with Gasteiger partial charge < -0.3 is 20.1 Å². The Balaban J connectivity index is 1.49. The summed E-state index contributed by atoms with van der Waals surface area (Å²) in [5, 5.41) is 8.70. The minimum Gasteiger partial charge on any atom is -0.495 e. The van der Waals surface area contributed by atoms with Crippen molar-refractivity contribution in [3.05, 3.63) is 47.8 Å². The van der Waals surface area contributed by atoms with E-state index in [1.54, 1.807) is 37.4 Å². The van der Waals surface area contributed by atoms with E-state index in [9.17, 15) is 13.2 Å². The number of methoxy groups -OCH3 is 1.